The fourth-order valence-corrected chi connectivity index (χ4v) is 2.07. The molecular formula is C15H23F2NO. The largest absolute Gasteiger partial charge is 0.434 e. The molecule has 0 saturated heterocycles. The molecule has 108 valence electrons. The molecule has 1 rings (SSSR count). The Morgan fingerprint density at radius 2 is 1.89 bits per heavy atom. The van der Waals surface area contributed by atoms with E-state index in [0.717, 1.165) is 37.8 Å². The molecule has 1 atom stereocenters. The van der Waals surface area contributed by atoms with Crippen molar-refractivity contribution in [2.45, 2.75) is 52.2 Å². The van der Waals surface area contributed by atoms with E-state index < -0.39 is 6.61 Å². The number of unbranched alkanes of at least 4 members (excludes halogenated alkanes) is 1. The molecule has 4 heteroatoms. The van der Waals surface area contributed by atoms with Crippen LogP contribution in [0.4, 0.5) is 8.78 Å². The van der Waals surface area contributed by atoms with Crippen LogP contribution >= 0.6 is 0 Å². The maximum absolute atomic E-state index is 12.4. The Morgan fingerprint density at radius 3 is 2.53 bits per heavy atom. The zero-order valence-electron chi connectivity index (χ0n) is 11.7. The molecule has 0 aliphatic carbocycles. The van der Waals surface area contributed by atoms with Crippen molar-refractivity contribution in [3.8, 4) is 5.75 Å². The van der Waals surface area contributed by atoms with Crippen molar-refractivity contribution in [2.75, 3.05) is 6.54 Å². The van der Waals surface area contributed by atoms with Gasteiger partial charge in [-0.2, -0.15) is 8.78 Å². The number of benzene rings is 1. The lowest BCUT2D eigenvalue weighted by atomic mass is 10.00. The summed E-state index contributed by atoms with van der Waals surface area (Å²) in [6, 6.07) is 7.13. The SMILES string of the molecule is CCCCC(NCCC)c1ccccc1OC(F)F. The van der Waals surface area contributed by atoms with Crippen molar-refractivity contribution >= 4 is 0 Å². The molecule has 0 amide bonds. The third kappa shape index (κ3) is 5.55. The van der Waals surface area contributed by atoms with Crippen molar-refractivity contribution in [3.05, 3.63) is 29.8 Å². The Labute approximate surface area is 114 Å². The monoisotopic (exact) mass is 271 g/mol. The average molecular weight is 271 g/mol. The summed E-state index contributed by atoms with van der Waals surface area (Å²) in [5, 5.41) is 3.41. The van der Waals surface area contributed by atoms with Gasteiger partial charge >= 0.3 is 6.61 Å². The summed E-state index contributed by atoms with van der Waals surface area (Å²) in [5.74, 6) is 0.280. The van der Waals surface area contributed by atoms with Gasteiger partial charge in [-0.25, -0.2) is 0 Å². The second-order valence-corrected chi connectivity index (χ2v) is 4.57. The molecule has 0 heterocycles. The molecule has 0 aromatic heterocycles. The van der Waals surface area contributed by atoms with Gasteiger partial charge in [-0.15, -0.1) is 0 Å². The molecule has 0 fully saturated rings. The lowest BCUT2D eigenvalue weighted by Gasteiger charge is -2.21. The van der Waals surface area contributed by atoms with Gasteiger partial charge in [0.1, 0.15) is 5.75 Å². The van der Waals surface area contributed by atoms with Crippen molar-refractivity contribution in [1.29, 1.82) is 0 Å². The van der Waals surface area contributed by atoms with Gasteiger partial charge < -0.3 is 10.1 Å². The quantitative estimate of drug-likeness (QED) is 0.713. The predicted octanol–water partition coefficient (Wildman–Crippen LogP) is 4.52. The van der Waals surface area contributed by atoms with E-state index in [4.69, 9.17) is 0 Å². The number of rotatable bonds is 9. The van der Waals surface area contributed by atoms with Gasteiger partial charge in [0.05, 0.1) is 0 Å². The van der Waals surface area contributed by atoms with Crippen LogP contribution in [0.2, 0.25) is 0 Å². The first-order valence-corrected chi connectivity index (χ1v) is 6.96. The van der Waals surface area contributed by atoms with Crippen molar-refractivity contribution in [2.24, 2.45) is 0 Å². The van der Waals surface area contributed by atoms with Crippen molar-refractivity contribution in [1.82, 2.24) is 5.32 Å². The molecule has 1 unspecified atom stereocenters. The summed E-state index contributed by atoms with van der Waals surface area (Å²) in [4.78, 5) is 0. The zero-order chi connectivity index (χ0) is 14.1. The smallest absolute Gasteiger partial charge is 0.387 e. The minimum atomic E-state index is -2.78. The first-order chi connectivity index (χ1) is 9.19. The van der Waals surface area contributed by atoms with E-state index in [2.05, 4.69) is 23.9 Å². The Kier molecular flexibility index (Phi) is 7.41. The Hall–Kier alpha value is -1.16. The highest BCUT2D eigenvalue weighted by molar-refractivity contribution is 5.36. The van der Waals surface area contributed by atoms with Crippen LogP contribution in [-0.4, -0.2) is 13.2 Å². The molecule has 0 saturated carbocycles. The third-order valence-electron chi connectivity index (χ3n) is 3.00. The first kappa shape index (κ1) is 15.9. The summed E-state index contributed by atoms with van der Waals surface area (Å²) in [5.41, 5.74) is 0.824. The maximum Gasteiger partial charge on any atom is 0.387 e. The third-order valence-corrected chi connectivity index (χ3v) is 3.00. The van der Waals surface area contributed by atoms with Gasteiger partial charge in [-0.05, 0) is 25.5 Å². The van der Waals surface area contributed by atoms with Crippen LogP contribution in [0.15, 0.2) is 24.3 Å². The van der Waals surface area contributed by atoms with E-state index in [0.29, 0.717) is 0 Å². The fourth-order valence-electron chi connectivity index (χ4n) is 2.07. The molecule has 0 aliphatic rings. The minimum Gasteiger partial charge on any atom is -0.434 e. The number of para-hydroxylation sites is 1. The Balaban J connectivity index is 2.85. The molecule has 0 radical (unpaired) electrons. The maximum atomic E-state index is 12.4. The van der Waals surface area contributed by atoms with E-state index in [-0.39, 0.29) is 11.8 Å². The Morgan fingerprint density at radius 1 is 1.16 bits per heavy atom. The van der Waals surface area contributed by atoms with E-state index in [1.807, 2.05) is 12.1 Å². The molecular weight excluding hydrogens is 248 g/mol. The van der Waals surface area contributed by atoms with Crippen LogP contribution in [-0.2, 0) is 0 Å². The van der Waals surface area contributed by atoms with Crippen LogP contribution in [0.25, 0.3) is 0 Å². The number of ether oxygens (including phenoxy) is 1. The lowest BCUT2D eigenvalue weighted by molar-refractivity contribution is -0.0507. The van der Waals surface area contributed by atoms with Crippen molar-refractivity contribution < 1.29 is 13.5 Å². The number of alkyl halides is 2. The number of nitrogens with one attached hydrogen (secondary N) is 1. The van der Waals surface area contributed by atoms with Gasteiger partial charge in [-0.3, -0.25) is 0 Å². The zero-order valence-corrected chi connectivity index (χ0v) is 11.7. The highest BCUT2D eigenvalue weighted by Gasteiger charge is 2.17. The van der Waals surface area contributed by atoms with Crippen LogP contribution in [0.5, 0.6) is 5.75 Å². The highest BCUT2D eigenvalue weighted by atomic mass is 19.3. The summed E-state index contributed by atoms with van der Waals surface area (Å²) in [7, 11) is 0. The highest BCUT2D eigenvalue weighted by Crippen LogP contribution is 2.29. The van der Waals surface area contributed by atoms with E-state index >= 15 is 0 Å². The summed E-state index contributed by atoms with van der Waals surface area (Å²) in [6.45, 7) is 2.31. The van der Waals surface area contributed by atoms with Gasteiger partial charge in [0.2, 0.25) is 0 Å². The molecule has 1 aromatic rings. The standard InChI is InChI=1S/C15H23F2NO/c1-3-5-9-13(18-11-4-2)12-8-6-7-10-14(12)19-15(16)17/h6-8,10,13,15,18H,3-5,9,11H2,1-2H3. The average Bonchev–Trinajstić information content (AvgIpc) is 2.39. The molecule has 0 aliphatic heterocycles. The number of halogens is 2. The topological polar surface area (TPSA) is 21.3 Å². The van der Waals surface area contributed by atoms with E-state index in [1.54, 1.807) is 12.1 Å². The number of hydrogen-bond acceptors (Lipinski definition) is 2. The molecule has 19 heavy (non-hydrogen) atoms. The second kappa shape index (κ2) is 8.86. The molecule has 1 N–H and O–H groups in total. The lowest BCUT2D eigenvalue weighted by Crippen LogP contribution is -2.23. The van der Waals surface area contributed by atoms with Crippen LogP contribution in [0.3, 0.4) is 0 Å². The summed E-state index contributed by atoms with van der Waals surface area (Å²) < 4.78 is 29.5. The second-order valence-electron chi connectivity index (χ2n) is 4.57. The molecule has 0 spiro atoms. The molecule has 2 nitrogen and oxygen atoms in total. The minimum absolute atomic E-state index is 0.0786. The summed E-state index contributed by atoms with van der Waals surface area (Å²) in [6.07, 6.45) is 4.09. The predicted molar refractivity (Wildman–Crippen MR) is 73.6 cm³/mol. The first-order valence-electron chi connectivity index (χ1n) is 6.96. The normalized spacial score (nSPS) is 12.7. The summed E-state index contributed by atoms with van der Waals surface area (Å²) >= 11 is 0. The van der Waals surface area contributed by atoms with Gasteiger partial charge in [-0.1, -0.05) is 44.9 Å². The Bertz CT molecular complexity index is 350. The van der Waals surface area contributed by atoms with E-state index in [9.17, 15) is 8.78 Å². The van der Waals surface area contributed by atoms with Crippen LogP contribution in [0.1, 0.15) is 51.1 Å². The van der Waals surface area contributed by atoms with Crippen LogP contribution < -0.4 is 10.1 Å². The molecule has 1 aromatic carbocycles. The molecule has 0 bridgehead atoms. The van der Waals surface area contributed by atoms with Gasteiger partial charge in [0.25, 0.3) is 0 Å². The fraction of sp³-hybridized carbons (Fsp3) is 0.600. The van der Waals surface area contributed by atoms with E-state index in [1.165, 1.54) is 0 Å². The number of hydrogen-bond donors (Lipinski definition) is 1. The van der Waals surface area contributed by atoms with Crippen LogP contribution in [0, 0.1) is 0 Å². The van der Waals surface area contributed by atoms with Gasteiger partial charge in [0, 0.05) is 11.6 Å². The van der Waals surface area contributed by atoms with Gasteiger partial charge in [0.15, 0.2) is 0 Å². The van der Waals surface area contributed by atoms with Crippen molar-refractivity contribution in [3.63, 3.8) is 0 Å².